The van der Waals surface area contributed by atoms with Crippen molar-refractivity contribution in [2.75, 3.05) is 17.7 Å². The molecule has 6 nitrogen and oxygen atoms in total. The third-order valence-corrected chi connectivity index (χ3v) is 4.74. The van der Waals surface area contributed by atoms with Gasteiger partial charge in [-0.05, 0) is 49.6 Å². The maximum Gasteiger partial charge on any atom is 0.337 e. The van der Waals surface area contributed by atoms with E-state index >= 15 is 0 Å². The number of anilines is 2. The van der Waals surface area contributed by atoms with Gasteiger partial charge in [-0.15, -0.1) is 0 Å². The maximum absolute atomic E-state index is 12.5. The minimum absolute atomic E-state index is 0.143. The lowest BCUT2D eigenvalue weighted by Crippen LogP contribution is -2.21. The van der Waals surface area contributed by atoms with Crippen LogP contribution in [0.25, 0.3) is 0 Å². The number of para-hydroxylation sites is 1. The highest BCUT2D eigenvalue weighted by Gasteiger charge is 2.48. The Balaban J connectivity index is 1.60. The normalized spacial score (nSPS) is 17.7. The molecule has 2 atom stereocenters. The summed E-state index contributed by atoms with van der Waals surface area (Å²) in [6, 6.07) is 12.3. The van der Waals surface area contributed by atoms with Crippen molar-refractivity contribution in [3.63, 3.8) is 0 Å². The van der Waals surface area contributed by atoms with Gasteiger partial charge in [0.1, 0.15) is 0 Å². The first-order valence-electron chi connectivity index (χ1n) is 8.77. The summed E-state index contributed by atoms with van der Waals surface area (Å²) in [5.74, 6) is -1.54. The van der Waals surface area contributed by atoms with E-state index in [9.17, 15) is 14.4 Å². The van der Waals surface area contributed by atoms with E-state index in [4.69, 9.17) is 0 Å². The highest BCUT2D eigenvalue weighted by atomic mass is 16.5. The molecule has 3 rings (SSSR count). The summed E-state index contributed by atoms with van der Waals surface area (Å²) in [5.41, 5.74) is 3.65. The number of hydrogen-bond donors (Lipinski definition) is 2. The third kappa shape index (κ3) is 4.16. The van der Waals surface area contributed by atoms with Crippen LogP contribution in [-0.2, 0) is 14.3 Å². The van der Waals surface area contributed by atoms with Gasteiger partial charge in [0.2, 0.25) is 11.8 Å². The van der Waals surface area contributed by atoms with Crippen molar-refractivity contribution in [3.8, 4) is 0 Å². The molecule has 1 fully saturated rings. The first-order valence-corrected chi connectivity index (χ1v) is 8.77. The second-order valence-corrected chi connectivity index (χ2v) is 6.77. The topological polar surface area (TPSA) is 84.5 Å². The predicted octanol–water partition coefficient (Wildman–Crippen LogP) is 3.30. The molecule has 140 valence electrons. The van der Waals surface area contributed by atoms with Gasteiger partial charge in [-0.25, -0.2) is 4.79 Å². The quantitative estimate of drug-likeness (QED) is 0.795. The summed E-state index contributed by atoms with van der Waals surface area (Å²) in [4.78, 5) is 36.5. The molecule has 2 aromatic carbocycles. The van der Waals surface area contributed by atoms with Crippen molar-refractivity contribution in [1.29, 1.82) is 0 Å². The Morgan fingerprint density at radius 3 is 2.15 bits per heavy atom. The SMILES string of the molecule is COC(=O)c1cccc(NC(=O)C2CC2C(=O)Nc2c(C)cccc2C)c1. The zero-order valence-electron chi connectivity index (χ0n) is 15.5. The highest BCUT2D eigenvalue weighted by Crippen LogP contribution is 2.40. The molecule has 1 aliphatic rings. The number of aryl methyl sites for hydroxylation is 2. The number of esters is 1. The molecule has 2 aromatic rings. The van der Waals surface area contributed by atoms with Crippen LogP contribution in [0.15, 0.2) is 42.5 Å². The van der Waals surface area contributed by atoms with Gasteiger partial charge in [0.05, 0.1) is 24.5 Å². The number of amides is 2. The standard InChI is InChI=1S/C21H22N2O4/c1-12-6-4-7-13(2)18(12)23-20(25)17-11-16(17)19(24)22-15-9-5-8-14(10-15)21(26)27-3/h4-10,16-17H,11H2,1-3H3,(H,22,24)(H,23,25). The summed E-state index contributed by atoms with van der Waals surface area (Å²) in [7, 11) is 1.30. The lowest BCUT2D eigenvalue weighted by Gasteiger charge is -2.11. The van der Waals surface area contributed by atoms with E-state index in [1.165, 1.54) is 7.11 Å². The molecule has 0 saturated heterocycles. The molecule has 0 aromatic heterocycles. The van der Waals surface area contributed by atoms with Gasteiger partial charge in [0.15, 0.2) is 0 Å². The Hall–Kier alpha value is -3.15. The van der Waals surface area contributed by atoms with E-state index in [-0.39, 0.29) is 23.7 Å². The van der Waals surface area contributed by atoms with Gasteiger partial charge in [0.25, 0.3) is 0 Å². The van der Waals surface area contributed by atoms with Crippen LogP contribution in [0.2, 0.25) is 0 Å². The summed E-state index contributed by atoms with van der Waals surface area (Å²) in [6.45, 7) is 3.88. The number of carbonyl (C=O) groups excluding carboxylic acids is 3. The molecule has 27 heavy (non-hydrogen) atoms. The molecule has 1 saturated carbocycles. The fraction of sp³-hybridized carbons (Fsp3) is 0.286. The Labute approximate surface area is 157 Å². The van der Waals surface area contributed by atoms with Crippen LogP contribution in [0.1, 0.15) is 27.9 Å². The largest absolute Gasteiger partial charge is 0.465 e. The molecule has 0 aliphatic heterocycles. The second kappa shape index (κ2) is 7.61. The van der Waals surface area contributed by atoms with Gasteiger partial charge in [-0.1, -0.05) is 24.3 Å². The Morgan fingerprint density at radius 2 is 1.52 bits per heavy atom. The fourth-order valence-electron chi connectivity index (χ4n) is 3.08. The molecule has 2 unspecified atom stereocenters. The Morgan fingerprint density at radius 1 is 0.926 bits per heavy atom. The van der Waals surface area contributed by atoms with E-state index in [1.54, 1.807) is 24.3 Å². The van der Waals surface area contributed by atoms with Crippen LogP contribution in [0, 0.1) is 25.7 Å². The minimum Gasteiger partial charge on any atom is -0.465 e. The zero-order chi connectivity index (χ0) is 19.6. The summed E-state index contributed by atoms with van der Waals surface area (Å²) in [6.07, 6.45) is 0.513. The number of rotatable bonds is 5. The average Bonchev–Trinajstić information content (AvgIpc) is 3.45. The molecular formula is C21H22N2O4. The minimum atomic E-state index is -0.469. The highest BCUT2D eigenvalue weighted by molar-refractivity contribution is 6.04. The van der Waals surface area contributed by atoms with E-state index in [1.807, 2.05) is 32.0 Å². The molecule has 0 spiro atoms. The molecule has 6 heteroatoms. The van der Waals surface area contributed by atoms with Crippen LogP contribution >= 0.6 is 0 Å². The van der Waals surface area contributed by atoms with Crippen LogP contribution < -0.4 is 10.6 Å². The zero-order valence-corrected chi connectivity index (χ0v) is 15.5. The number of hydrogen-bond acceptors (Lipinski definition) is 4. The molecule has 2 N–H and O–H groups in total. The van der Waals surface area contributed by atoms with E-state index in [0.717, 1.165) is 16.8 Å². The lowest BCUT2D eigenvalue weighted by atomic mass is 10.1. The van der Waals surface area contributed by atoms with Crippen molar-refractivity contribution in [2.24, 2.45) is 11.8 Å². The number of nitrogens with one attached hydrogen (secondary N) is 2. The molecule has 0 radical (unpaired) electrons. The van der Waals surface area contributed by atoms with Gasteiger partial charge in [-0.3, -0.25) is 9.59 Å². The van der Waals surface area contributed by atoms with Crippen molar-refractivity contribution in [1.82, 2.24) is 0 Å². The number of methoxy groups -OCH3 is 1. The predicted molar refractivity (Wildman–Crippen MR) is 103 cm³/mol. The van der Waals surface area contributed by atoms with E-state index in [2.05, 4.69) is 15.4 Å². The summed E-state index contributed by atoms with van der Waals surface area (Å²) < 4.78 is 4.68. The van der Waals surface area contributed by atoms with Gasteiger partial charge < -0.3 is 15.4 Å². The molecule has 2 amide bonds. The Kier molecular flexibility index (Phi) is 5.26. The molecular weight excluding hydrogens is 344 g/mol. The van der Waals surface area contributed by atoms with Crippen molar-refractivity contribution in [2.45, 2.75) is 20.3 Å². The maximum atomic E-state index is 12.5. The summed E-state index contributed by atoms with van der Waals surface area (Å²) in [5, 5.41) is 5.71. The van der Waals surface area contributed by atoms with Crippen molar-refractivity contribution < 1.29 is 19.1 Å². The number of carbonyl (C=O) groups is 3. The average molecular weight is 366 g/mol. The summed E-state index contributed by atoms with van der Waals surface area (Å²) >= 11 is 0. The van der Waals surface area contributed by atoms with E-state index in [0.29, 0.717) is 17.7 Å². The van der Waals surface area contributed by atoms with Crippen LogP contribution in [0.5, 0.6) is 0 Å². The molecule has 0 heterocycles. The van der Waals surface area contributed by atoms with Crippen molar-refractivity contribution in [3.05, 3.63) is 59.2 Å². The lowest BCUT2D eigenvalue weighted by molar-refractivity contribution is -0.122. The first-order chi connectivity index (χ1) is 12.9. The van der Waals surface area contributed by atoms with Crippen LogP contribution in [0.3, 0.4) is 0 Å². The van der Waals surface area contributed by atoms with Gasteiger partial charge >= 0.3 is 5.97 Å². The van der Waals surface area contributed by atoms with Crippen molar-refractivity contribution >= 4 is 29.2 Å². The third-order valence-electron chi connectivity index (χ3n) is 4.74. The van der Waals surface area contributed by atoms with E-state index < -0.39 is 5.97 Å². The monoisotopic (exact) mass is 366 g/mol. The first kappa shape index (κ1) is 18.6. The molecule has 0 bridgehead atoms. The second-order valence-electron chi connectivity index (χ2n) is 6.77. The smallest absolute Gasteiger partial charge is 0.337 e. The fourth-order valence-corrected chi connectivity index (χ4v) is 3.08. The van der Waals surface area contributed by atoms with Gasteiger partial charge in [-0.2, -0.15) is 0 Å². The molecule has 1 aliphatic carbocycles. The Bertz CT molecular complexity index is 887. The number of ether oxygens (including phenoxy) is 1. The van der Waals surface area contributed by atoms with Crippen LogP contribution in [-0.4, -0.2) is 24.9 Å². The van der Waals surface area contributed by atoms with Gasteiger partial charge in [0, 0.05) is 11.4 Å². The van der Waals surface area contributed by atoms with Crippen LogP contribution in [0.4, 0.5) is 11.4 Å². The number of benzene rings is 2.